The average Bonchev–Trinajstić information content (AvgIpc) is 2.59. The fraction of sp³-hybridized carbons (Fsp3) is 0.500. The molecule has 0 amide bonds. The average molecular weight is 161 g/mol. The van der Waals surface area contributed by atoms with Crippen LogP contribution < -0.4 is 5.32 Å². The van der Waals surface area contributed by atoms with Crippen molar-refractivity contribution in [2.75, 3.05) is 5.32 Å². The first-order valence-corrected chi connectivity index (χ1v) is 4.55. The van der Waals surface area contributed by atoms with Crippen LogP contribution in [0.3, 0.4) is 0 Å². The van der Waals surface area contributed by atoms with Crippen molar-refractivity contribution in [3.05, 3.63) is 24.4 Å². The maximum atomic E-state index is 4.11. The monoisotopic (exact) mass is 161 g/mol. The zero-order valence-electron chi connectivity index (χ0n) is 7.09. The van der Waals surface area contributed by atoms with E-state index in [1.54, 1.807) is 0 Å². The Labute approximate surface area is 73.0 Å². The van der Waals surface area contributed by atoms with Crippen molar-refractivity contribution < 1.29 is 0 Å². The van der Waals surface area contributed by atoms with Crippen LogP contribution in [0.15, 0.2) is 18.2 Å². The lowest BCUT2D eigenvalue weighted by Gasteiger charge is -2.11. The lowest BCUT2D eigenvalue weighted by molar-refractivity contribution is 0.750. The summed E-state index contributed by atoms with van der Waals surface area (Å²) in [7, 11) is 0. The Morgan fingerprint density at radius 1 is 1.42 bits per heavy atom. The van der Waals surface area contributed by atoms with E-state index in [4.69, 9.17) is 0 Å². The van der Waals surface area contributed by atoms with E-state index < -0.39 is 0 Å². The van der Waals surface area contributed by atoms with Gasteiger partial charge >= 0.3 is 0 Å². The molecule has 1 heterocycles. The third-order valence-electron chi connectivity index (χ3n) is 2.32. The molecule has 1 aromatic heterocycles. The zero-order valence-corrected chi connectivity index (χ0v) is 7.09. The minimum absolute atomic E-state index is 0.647. The molecule has 0 spiro atoms. The maximum Gasteiger partial charge on any atom is 0.126 e. The molecule has 1 saturated carbocycles. The molecule has 1 aliphatic rings. The van der Waals surface area contributed by atoms with Crippen LogP contribution in [0.5, 0.6) is 0 Å². The van der Waals surface area contributed by atoms with E-state index in [-0.39, 0.29) is 0 Å². The molecule has 0 bridgehead atoms. The molecule has 63 valence electrons. The number of nitrogens with zero attached hydrogens (tertiary/aromatic N) is 1. The van der Waals surface area contributed by atoms with Crippen molar-refractivity contribution in [3.8, 4) is 0 Å². The van der Waals surface area contributed by atoms with E-state index in [0.717, 1.165) is 5.82 Å². The molecule has 2 heteroatoms. The molecule has 0 atom stereocenters. The molecule has 1 aromatic rings. The van der Waals surface area contributed by atoms with Gasteiger partial charge in [-0.2, -0.15) is 0 Å². The van der Waals surface area contributed by atoms with Crippen LogP contribution in [0.4, 0.5) is 5.82 Å². The van der Waals surface area contributed by atoms with E-state index in [0.29, 0.717) is 6.04 Å². The molecule has 0 aliphatic heterocycles. The summed E-state index contributed by atoms with van der Waals surface area (Å²) in [5.41, 5.74) is 0. The van der Waals surface area contributed by atoms with E-state index >= 15 is 0 Å². The predicted molar refractivity (Wildman–Crippen MR) is 49.0 cm³/mol. The highest BCUT2D eigenvalue weighted by Gasteiger charge is 2.14. The fourth-order valence-corrected chi connectivity index (χ4v) is 1.69. The highest BCUT2D eigenvalue weighted by Crippen LogP contribution is 2.20. The van der Waals surface area contributed by atoms with Gasteiger partial charge in [0.1, 0.15) is 5.82 Å². The Morgan fingerprint density at radius 2 is 2.25 bits per heavy atom. The highest BCUT2D eigenvalue weighted by atomic mass is 15.0. The van der Waals surface area contributed by atoms with Crippen molar-refractivity contribution in [1.29, 1.82) is 0 Å². The van der Waals surface area contributed by atoms with Crippen LogP contribution in [0.25, 0.3) is 0 Å². The molecule has 0 aromatic carbocycles. The Kier molecular flexibility index (Phi) is 2.26. The van der Waals surface area contributed by atoms with Gasteiger partial charge in [0.15, 0.2) is 0 Å². The highest BCUT2D eigenvalue weighted by molar-refractivity contribution is 5.34. The van der Waals surface area contributed by atoms with Crippen molar-refractivity contribution in [2.45, 2.75) is 31.7 Å². The van der Waals surface area contributed by atoms with Crippen LogP contribution >= 0.6 is 0 Å². The lowest BCUT2D eigenvalue weighted by Crippen LogP contribution is -2.15. The van der Waals surface area contributed by atoms with Gasteiger partial charge in [0.05, 0.1) is 6.20 Å². The normalized spacial score (nSPS) is 18.0. The molecule has 1 N–H and O–H groups in total. The molecule has 1 radical (unpaired) electrons. The summed E-state index contributed by atoms with van der Waals surface area (Å²) in [5, 5.41) is 3.40. The van der Waals surface area contributed by atoms with E-state index in [9.17, 15) is 0 Å². The Hall–Kier alpha value is -1.05. The SMILES string of the molecule is [c]1cccc(NC2CCCC2)n1. The maximum absolute atomic E-state index is 4.11. The van der Waals surface area contributed by atoms with Gasteiger partial charge in [-0.15, -0.1) is 0 Å². The van der Waals surface area contributed by atoms with Gasteiger partial charge < -0.3 is 5.32 Å². The molecular formula is C10H13N2. The van der Waals surface area contributed by atoms with Crippen LogP contribution in [0, 0.1) is 6.20 Å². The Bertz CT molecular complexity index is 227. The van der Waals surface area contributed by atoms with Gasteiger partial charge in [-0.05, 0) is 25.0 Å². The predicted octanol–water partition coefficient (Wildman–Crippen LogP) is 2.24. The zero-order chi connectivity index (χ0) is 8.23. The number of hydrogen-bond donors (Lipinski definition) is 1. The number of aromatic nitrogens is 1. The minimum atomic E-state index is 0.647. The quantitative estimate of drug-likeness (QED) is 0.719. The van der Waals surface area contributed by atoms with Crippen molar-refractivity contribution >= 4 is 5.82 Å². The third-order valence-corrected chi connectivity index (χ3v) is 2.32. The first kappa shape index (κ1) is 7.59. The summed E-state index contributed by atoms with van der Waals surface area (Å²) in [6.45, 7) is 0. The number of anilines is 1. The van der Waals surface area contributed by atoms with E-state index in [1.807, 2.05) is 18.2 Å². The summed E-state index contributed by atoms with van der Waals surface area (Å²) in [6, 6.07) is 6.42. The van der Waals surface area contributed by atoms with Crippen LogP contribution in [-0.2, 0) is 0 Å². The summed E-state index contributed by atoms with van der Waals surface area (Å²) in [6.07, 6.45) is 8.11. The molecule has 2 nitrogen and oxygen atoms in total. The number of rotatable bonds is 2. The first-order valence-electron chi connectivity index (χ1n) is 4.55. The van der Waals surface area contributed by atoms with Crippen LogP contribution in [0.1, 0.15) is 25.7 Å². The fourth-order valence-electron chi connectivity index (χ4n) is 1.69. The Morgan fingerprint density at radius 3 is 2.92 bits per heavy atom. The minimum Gasteiger partial charge on any atom is -0.367 e. The van der Waals surface area contributed by atoms with Crippen LogP contribution in [-0.4, -0.2) is 11.0 Å². The van der Waals surface area contributed by atoms with Crippen molar-refractivity contribution in [1.82, 2.24) is 4.98 Å². The topological polar surface area (TPSA) is 24.9 Å². The molecule has 0 unspecified atom stereocenters. The Balaban J connectivity index is 1.94. The second-order valence-electron chi connectivity index (χ2n) is 3.28. The molecule has 1 fully saturated rings. The summed E-state index contributed by atoms with van der Waals surface area (Å²) in [4.78, 5) is 4.11. The van der Waals surface area contributed by atoms with Gasteiger partial charge in [0.25, 0.3) is 0 Å². The molecule has 0 saturated heterocycles. The van der Waals surface area contributed by atoms with Gasteiger partial charge in [0.2, 0.25) is 0 Å². The lowest BCUT2D eigenvalue weighted by atomic mass is 10.2. The van der Waals surface area contributed by atoms with Gasteiger partial charge in [-0.1, -0.05) is 18.9 Å². The second-order valence-corrected chi connectivity index (χ2v) is 3.28. The summed E-state index contributed by atoms with van der Waals surface area (Å²) < 4.78 is 0. The largest absolute Gasteiger partial charge is 0.367 e. The molecule has 2 rings (SSSR count). The summed E-state index contributed by atoms with van der Waals surface area (Å²) >= 11 is 0. The number of nitrogens with one attached hydrogen (secondary N) is 1. The summed E-state index contributed by atoms with van der Waals surface area (Å²) in [5.74, 6) is 0.962. The second kappa shape index (κ2) is 3.57. The van der Waals surface area contributed by atoms with E-state index in [1.165, 1.54) is 25.7 Å². The van der Waals surface area contributed by atoms with Gasteiger partial charge in [-0.25, -0.2) is 4.98 Å². The first-order chi connectivity index (χ1) is 5.95. The van der Waals surface area contributed by atoms with Gasteiger partial charge in [-0.3, -0.25) is 0 Å². The standard InChI is InChI=1S/C10H13N2/c1-2-6-9(5-1)12-10-7-3-4-8-11-10/h3-4,7,9H,1-2,5-6H2,(H,11,12). The van der Waals surface area contributed by atoms with Crippen molar-refractivity contribution in [3.63, 3.8) is 0 Å². The number of pyridine rings is 1. The number of hydrogen-bond acceptors (Lipinski definition) is 2. The smallest absolute Gasteiger partial charge is 0.126 e. The van der Waals surface area contributed by atoms with Gasteiger partial charge in [0, 0.05) is 6.04 Å². The van der Waals surface area contributed by atoms with E-state index in [2.05, 4.69) is 16.5 Å². The molecule has 1 aliphatic carbocycles. The molecule has 12 heavy (non-hydrogen) atoms. The third kappa shape index (κ3) is 1.76. The van der Waals surface area contributed by atoms with Crippen molar-refractivity contribution in [2.24, 2.45) is 0 Å². The van der Waals surface area contributed by atoms with Crippen LogP contribution in [0.2, 0.25) is 0 Å². The molecular weight excluding hydrogens is 148 g/mol.